The van der Waals surface area contributed by atoms with Gasteiger partial charge < -0.3 is 14.6 Å². The Morgan fingerprint density at radius 1 is 1.42 bits per heavy atom. The molecule has 0 aromatic rings. The van der Waals surface area contributed by atoms with Crippen LogP contribution in [0, 0.1) is 0 Å². The number of hydrogen-bond acceptors (Lipinski definition) is 3. The maximum absolute atomic E-state index is 8.71. The Morgan fingerprint density at radius 2 is 2.25 bits per heavy atom. The van der Waals surface area contributed by atoms with Gasteiger partial charge in [-0.25, -0.2) is 0 Å². The van der Waals surface area contributed by atoms with Crippen molar-refractivity contribution in [3.8, 4) is 0 Å². The largest absolute Gasteiger partial charge is 0.396 e. The lowest BCUT2D eigenvalue weighted by molar-refractivity contribution is -0.217. The minimum atomic E-state index is -0.0275. The van der Waals surface area contributed by atoms with E-state index in [9.17, 15) is 0 Å². The third-order valence-corrected chi connectivity index (χ3v) is 2.06. The van der Waals surface area contributed by atoms with E-state index in [1.54, 1.807) is 0 Å². The van der Waals surface area contributed by atoms with Crippen LogP contribution in [0.5, 0.6) is 0 Å². The zero-order valence-electron chi connectivity index (χ0n) is 7.66. The number of ether oxygens (including phenoxy) is 2. The molecule has 0 radical (unpaired) electrons. The Bertz CT molecular complexity index is 100. The Labute approximate surface area is 73.7 Å². The van der Waals surface area contributed by atoms with Crippen LogP contribution >= 0.6 is 0 Å². The molecule has 1 saturated heterocycles. The third kappa shape index (κ3) is 3.09. The molecule has 0 aromatic carbocycles. The van der Waals surface area contributed by atoms with Crippen molar-refractivity contribution in [2.75, 3.05) is 13.2 Å². The second-order valence-electron chi connectivity index (χ2n) is 3.15. The van der Waals surface area contributed by atoms with Gasteiger partial charge in [-0.3, -0.25) is 0 Å². The molecule has 0 saturated carbocycles. The molecule has 3 heteroatoms. The summed E-state index contributed by atoms with van der Waals surface area (Å²) < 4.78 is 11.0. The summed E-state index contributed by atoms with van der Waals surface area (Å²) in [6, 6.07) is 0. The molecule has 3 nitrogen and oxygen atoms in total. The molecule has 12 heavy (non-hydrogen) atoms. The first-order valence-electron chi connectivity index (χ1n) is 4.74. The lowest BCUT2D eigenvalue weighted by atomic mass is 10.2. The average Bonchev–Trinajstić information content (AvgIpc) is 2.06. The fraction of sp³-hybridized carbons (Fsp3) is 1.00. The minimum absolute atomic E-state index is 0.0275. The molecule has 1 fully saturated rings. The Balaban J connectivity index is 2.20. The summed E-state index contributed by atoms with van der Waals surface area (Å²) in [4.78, 5) is 0. The van der Waals surface area contributed by atoms with Crippen LogP contribution in [0.4, 0.5) is 0 Å². The maximum Gasteiger partial charge on any atom is 0.157 e. The second-order valence-corrected chi connectivity index (χ2v) is 3.15. The first kappa shape index (κ1) is 9.96. The van der Waals surface area contributed by atoms with Crippen molar-refractivity contribution in [2.45, 2.75) is 45.0 Å². The van der Waals surface area contributed by atoms with Crippen LogP contribution in [0.25, 0.3) is 0 Å². The molecule has 1 heterocycles. The molecule has 0 spiro atoms. The highest BCUT2D eigenvalue weighted by atomic mass is 16.7. The number of rotatable bonds is 4. The molecule has 1 aliphatic heterocycles. The topological polar surface area (TPSA) is 38.7 Å². The molecule has 0 aliphatic carbocycles. The second kappa shape index (κ2) is 5.51. The van der Waals surface area contributed by atoms with E-state index in [1.807, 2.05) is 0 Å². The van der Waals surface area contributed by atoms with E-state index < -0.39 is 0 Å². The monoisotopic (exact) mass is 174 g/mol. The molecule has 2 atom stereocenters. The Kier molecular flexibility index (Phi) is 4.58. The van der Waals surface area contributed by atoms with Gasteiger partial charge in [0, 0.05) is 6.61 Å². The summed E-state index contributed by atoms with van der Waals surface area (Å²) in [6.07, 6.45) is 3.88. The highest BCUT2D eigenvalue weighted by molar-refractivity contribution is 4.63. The zero-order chi connectivity index (χ0) is 8.81. The molecule has 0 aromatic heterocycles. The normalized spacial score (nSPS) is 30.5. The van der Waals surface area contributed by atoms with Gasteiger partial charge in [-0.1, -0.05) is 13.3 Å². The van der Waals surface area contributed by atoms with Crippen LogP contribution in [-0.4, -0.2) is 30.7 Å². The number of aliphatic hydroxyl groups excluding tert-OH is 1. The molecule has 1 rings (SSSR count). The van der Waals surface area contributed by atoms with Gasteiger partial charge in [-0.05, 0) is 19.3 Å². The van der Waals surface area contributed by atoms with Crippen molar-refractivity contribution in [3.05, 3.63) is 0 Å². The quantitative estimate of drug-likeness (QED) is 0.698. The van der Waals surface area contributed by atoms with Crippen LogP contribution in [0.2, 0.25) is 0 Å². The van der Waals surface area contributed by atoms with Gasteiger partial charge in [0.1, 0.15) is 0 Å². The van der Waals surface area contributed by atoms with Crippen molar-refractivity contribution in [2.24, 2.45) is 0 Å². The van der Waals surface area contributed by atoms with Gasteiger partial charge in [0.2, 0.25) is 0 Å². The SMILES string of the molecule is CCCC1OCCC(CCO)O1. The van der Waals surface area contributed by atoms with E-state index >= 15 is 0 Å². The number of aliphatic hydroxyl groups is 1. The first-order chi connectivity index (χ1) is 5.86. The van der Waals surface area contributed by atoms with Crippen molar-refractivity contribution >= 4 is 0 Å². The predicted molar refractivity (Wildman–Crippen MR) is 45.8 cm³/mol. The molecule has 1 aliphatic rings. The van der Waals surface area contributed by atoms with Crippen LogP contribution in [-0.2, 0) is 9.47 Å². The fourth-order valence-electron chi connectivity index (χ4n) is 1.40. The lowest BCUT2D eigenvalue weighted by Crippen LogP contribution is -2.32. The maximum atomic E-state index is 8.71. The number of hydrogen-bond donors (Lipinski definition) is 1. The highest BCUT2D eigenvalue weighted by Gasteiger charge is 2.21. The first-order valence-corrected chi connectivity index (χ1v) is 4.74. The predicted octanol–water partition coefficient (Wildman–Crippen LogP) is 1.30. The minimum Gasteiger partial charge on any atom is -0.396 e. The summed E-state index contributed by atoms with van der Waals surface area (Å²) >= 11 is 0. The van der Waals surface area contributed by atoms with E-state index in [0.717, 1.165) is 32.3 Å². The van der Waals surface area contributed by atoms with Gasteiger partial charge in [-0.2, -0.15) is 0 Å². The lowest BCUT2D eigenvalue weighted by Gasteiger charge is -2.29. The zero-order valence-corrected chi connectivity index (χ0v) is 7.66. The van der Waals surface area contributed by atoms with Gasteiger partial charge in [-0.15, -0.1) is 0 Å². The molecule has 0 bridgehead atoms. The van der Waals surface area contributed by atoms with Gasteiger partial charge in [0.25, 0.3) is 0 Å². The van der Waals surface area contributed by atoms with Crippen LogP contribution in [0.3, 0.4) is 0 Å². The smallest absolute Gasteiger partial charge is 0.157 e. The molecule has 72 valence electrons. The Morgan fingerprint density at radius 3 is 2.92 bits per heavy atom. The van der Waals surface area contributed by atoms with Crippen molar-refractivity contribution in [1.82, 2.24) is 0 Å². The third-order valence-electron chi connectivity index (χ3n) is 2.06. The van der Waals surface area contributed by atoms with Crippen molar-refractivity contribution < 1.29 is 14.6 Å². The Hall–Kier alpha value is -0.120. The standard InChI is InChI=1S/C9H18O3/c1-2-3-9-11-7-5-8(12-9)4-6-10/h8-10H,2-7H2,1H3. The summed E-state index contributed by atoms with van der Waals surface area (Å²) in [5.74, 6) is 0. The fourth-order valence-corrected chi connectivity index (χ4v) is 1.40. The van der Waals surface area contributed by atoms with Gasteiger partial charge >= 0.3 is 0 Å². The van der Waals surface area contributed by atoms with E-state index in [4.69, 9.17) is 14.6 Å². The molecule has 2 unspecified atom stereocenters. The van der Waals surface area contributed by atoms with Crippen LogP contribution < -0.4 is 0 Å². The van der Waals surface area contributed by atoms with E-state index in [1.165, 1.54) is 0 Å². The molecule has 0 amide bonds. The summed E-state index contributed by atoms with van der Waals surface area (Å²) in [7, 11) is 0. The van der Waals surface area contributed by atoms with Crippen LogP contribution in [0.15, 0.2) is 0 Å². The highest BCUT2D eigenvalue weighted by Crippen LogP contribution is 2.17. The molecular formula is C9H18O3. The van der Waals surface area contributed by atoms with Gasteiger partial charge in [0.15, 0.2) is 6.29 Å². The summed E-state index contributed by atoms with van der Waals surface area (Å²) in [6.45, 7) is 3.10. The van der Waals surface area contributed by atoms with E-state index in [2.05, 4.69) is 6.92 Å². The van der Waals surface area contributed by atoms with Crippen molar-refractivity contribution in [3.63, 3.8) is 0 Å². The van der Waals surface area contributed by atoms with E-state index in [0.29, 0.717) is 0 Å². The van der Waals surface area contributed by atoms with Gasteiger partial charge in [0.05, 0.1) is 12.7 Å². The van der Waals surface area contributed by atoms with E-state index in [-0.39, 0.29) is 19.0 Å². The molecular weight excluding hydrogens is 156 g/mol. The van der Waals surface area contributed by atoms with Crippen molar-refractivity contribution in [1.29, 1.82) is 0 Å². The summed E-state index contributed by atoms with van der Waals surface area (Å²) in [5, 5.41) is 8.71. The van der Waals surface area contributed by atoms with Crippen LogP contribution in [0.1, 0.15) is 32.6 Å². The molecule has 1 N–H and O–H groups in total. The summed E-state index contributed by atoms with van der Waals surface area (Å²) in [5.41, 5.74) is 0. The average molecular weight is 174 g/mol.